The molecule has 2 rings (SSSR count). The molecule has 18 heavy (non-hydrogen) atoms. The third-order valence-corrected chi connectivity index (χ3v) is 2.47. The molecule has 0 radical (unpaired) electrons. The van der Waals surface area contributed by atoms with Gasteiger partial charge in [-0.3, -0.25) is 9.78 Å². The number of amides is 1. The van der Waals surface area contributed by atoms with Crippen molar-refractivity contribution < 1.29 is 9.90 Å². The van der Waals surface area contributed by atoms with Crippen molar-refractivity contribution in [2.45, 2.75) is 13.8 Å². The minimum Gasteiger partial charge on any atom is -0.508 e. The van der Waals surface area contributed by atoms with Crippen molar-refractivity contribution in [3.05, 3.63) is 47.5 Å². The van der Waals surface area contributed by atoms with Gasteiger partial charge in [0, 0.05) is 11.9 Å². The topological polar surface area (TPSA) is 75.1 Å². The lowest BCUT2D eigenvalue weighted by Crippen LogP contribution is -2.14. The van der Waals surface area contributed by atoms with E-state index in [1.54, 1.807) is 32.2 Å². The van der Waals surface area contributed by atoms with Gasteiger partial charge in [0.05, 0.1) is 11.9 Å². The van der Waals surface area contributed by atoms with E-state index in [4.69, 9.17) is 0 Å². The van der Waals surface area contributed by atoms with Gasteiger partial charge in [0.25, 0.3) is 5.91 Å². The summed E-state index contributed by atoms with van der Waals surface area (Å²) in [5.41, 5.74) is 2.43. The maximum absolute atomic E-state index is 11.9. The summed E-state index contributed by atoms with van der Waals surface area (Å²) in [6.07, 6.45) is 2.97. The monoisotopic (exact) mass is 243 g/mol. The maximum atomic E-state index is 11.9. The minimum absolute atomic E-state index is 0.167. The van der Waals surface area contributed by atoms with Crippen LogP contribution >= 0.6 is 0 Å². The third kappa shape index (κ3) is 2.63. The second kappa shape index (κ2) is 4.83. The number of phenols is 1. The first-order valence-electron chi connectivity index (χ1n) is 5.46. The zero-order valence-corrected chi connectivity index (χ0v) is 10.1. The van der Waals surface area contributed by atoms with Crippen molar-refractivity contribution in [3.8, 4) is 5.75 Å². The van der Waals surface area contributed by atoms with Crippen LogP contribution in [-0.2, 0) is 0 Å². The molecule has 1 aromatic heterocycles. The zero-order valence-electron chi connectivity index (χ0n) is 10.1. The van der Waals surface area contributed by atoms with Gasteiger partial charge in [0.2, 0.25) is 0 Å². The Labute approximate surface area is 105 Å². The second-order valence-electron chi connectivity index (χ2n) is 4.00. The largest absolute Gasteiger partial charge is 0.508 e. The number of hydrogen-bond donors (Lipinski definition) is 2. The predicted octanol–water partition coefficient (Wildman–Crippen LogP) is 2.05. The van der Waals surface area contributed by atoms with Gasteiger partial charge in [-0.2, -0.15) is 0 Å². The second-order valence-corrected chi connectivity index (χ2v) is 4.00. The Balaban J connectivity index is 2.18. The molecule has 1 aromatic carbocycles. The van der Waals surface area contributed by atoms with Crippen LogP contribution in [0.5, 0.6) is 5.75 Å². The lowest BCUT2D eigenvalue weighted by Gasteiger charge is -2.08. The number of aryl methyl sites for hydroxylation is 2. The molecule has 0 atom stereocenters. The Morgan fingerprint density at radius 1 is 1.22 bits per heavy atom. The minimum atomic E-state index is -0.323. The summed E-state index contributed by atoms with van der Waals surface area (Å²) >= 11 is 0. The number of carbonyl (C=O) groups excluding carboxylic acids is 1. The van der Waals surface area contributed by atoms with Gasteiger partial charge in [0.15, 0.2) is 0 Å². The number of carbonyl (C=O) groups is 1. The van der Waals surface area contributed by atoms with Gasteiger partial charge in [-0.15, -0.1) is 0 Å². The van der Waals surface area contributed by atoms with E-state index in [9.17, 15) is 9.90 Å². The molecule has 0 saturated heterocycles. The summed E-state index contributed by atoms with van der Waals surface area (Å²) in [7, 11) is 0. The number of rotatable bonds is 2. The third-order valence-electron chi connectivity index (χ3n) is 2.47. The Bertz CT molecular complexity index is 579. The molecular formula is C13H13N3O2. The first kappa shape index (κ1) is 12.0. The van der Waals surface area contributed by atoms with E-state index in [0.717, 1.165) is 11.3 Å². The molecule has 5 nitrogen and oxygen atoms in total. The normalized spacial score (nSPS) is 10.1. The molecule has 2 aromatic rings. The SMILES string of the molecule is Cc1cnc(C(=O)Nc2ccc(O)cc2C)cn1. The van der Waals surface area contributed by atoms with Crippen LogP contribution < -0.4 is 5.32 Å². The average Bonchev–Trinajstić information content (AvgIpc) is 2.33. The molecule has 0 aliphatic carbocycles. The highest BCUT2D eigenvalue weighted by Gasteiger charge is 2.09. The molecule has 0 spiro atoms. The van der Waals surface area contributed by atoms with Crippen LogP contribution in [0.2, 0.25) is 0 Å². The molecule has 2 N–H and O–H groups in total. The van der Waals surface area contributed by atoms with Crippen LogP contribution in [0, 0.1) is 13.8 Å². The summed E-state index contributed by atoms with van der Waals surface area (Å²) in [5, 5.41) is 12.0. The molecular weight excluding hydrogens is 230 g/mol. The van der Waals surface area contributed by atoms with Crippen LogP contribution in [0.3, 0.4) is 0 Å². The molecule has 0 saturated carbocycles. The van der Waals surface area contributed by atoms with Crippen molar-refractivity contribution in [2.24, 2.45) is 0 Å². The summed E-state index contributed by atoms with van der Waals surface area (Å²) < 4.78 is 0. The van der Waals surface area contributed by atoms with Gasteiger partial charge in [-0.05, 0) is 37.6 Å². The van der Waals surface area contributed by atoms with E-state index >= 15 is 0 Å². The molecule has 0 bridgehead atoms. The quantitative estimate of drug-likeness (QED) is 0.791. The van der Waals surface area contributed by atoms with Crippen molar-refractivity contribution in [3.63, 3.8) is 0 Å². The predicted molar refractivity (Wildman–Crippen MR) is 67.6 cm³/mol. The van der Waals surface area contributed by atoms with Crippen LogP contribution in [0.4, 0.5) is 5.69 Å². The Kier molecular flexibility index (Phi) is 3.23. The zero-order chi connectivity index (χ0) is 13.1. The van der Waals surface area contributed by atoms with Crippen LogP contribution in [0.15, 0.2) is 30.6 Å². The average molecular weight is 243 g/mol. The van der Waals surface area contributed by atoms with E-state index < -0.39 is 0 Å². The van der Waals surface area contributed by atoms with E-state index in [1.807, 2.05) is 0 Å². The van der Waals surface area contributed by atoms with Gasteiger partial charge < -0.3 is 10.4 Å². The fourth-order valence-corrected chi connectivity index (χ4v) is 1.48. The molecule has 0 aliphatic rings. The van der Waals surface area contributed by atoms with Gasteiger partial charge in [0.1, 0.15) is 11.4 Å². The summed E-state index contributed by atoms with van der Waals surface area (Å²) in [6, 6.07) is 4.74. The van der Waals surface area contributed by atoms with Gasteiger partial charge in [-0.25, -0.2) is 4.98 Å². The van der Waals surface area contributed by atoms with E-state index in [-0.39, 0.29) is 17.4 Å². The number of nitrogens with zero attached hydrogens (tertiary/aromatic N) is 2. The summed E-state index contributed by atoms with van der Waals surface area (Å²) in [5.74, 6) is -0.156. The Morgan fingerprint density at radius 3 is 2.61 bits per heavy atom. The highest BCUT2D eigenvalue weighted by atomic mass is 16.3. The van der Waals surface area contributed by atoms with Gasteiger partial charge >= 0.3 is 0 Å². The molecule has 92 valence electrons. The number of aromatic hydroxyl groups is 1. The first-order valence-corrected chi connectivity index (χ1v) is 5.46. The van der Waals surface area contributed by atoms with E-state index in [0.29, 0.717) is 5.69 Å². The maximum Gasteiger partial charge on any atom is 0.275 e. The van der Waals surface area contributed by atoms with Crippen LogP contribution in [0.25, 0.3) is 0 Å². The van der Waals surface area contributed by atoms with Crippen molar-refractivity contribution in [1.82, 2.24) is 9.97 Å². The smallest absolute Gasteiger partial charge is 0.275 e. The number of benzene rings is 1. The lowest BCUT2D eigenvalue weighted by atomic mass is 10.2. The summed E-state index contributed by atoms with van der Waals surface area (Å²) in [4.78, 5) is 19.9. The fourth-order valence-electron chi connectivity index (χ4n) is 1.48. The molecule has 1 heterocycles. The molecule has 0 aliphatic heterocycles. The number of hydrogen-bond acceptors (Lipinski definition) is 4. The first-order chi connectivity index (χ1) is 8.56. The van der Waals surface area contributed by atoms with E-state index in [1.165, 1.54) is 12.3 Å². The number of nitrogens with one attached hydrogen (secondary N) is 1. The number of anilines is 1. The molecule has 5 heteroatoms. The Hall–Kier alpha value is -2.43. The Morgan fingerprint density at radius 2 is 2.00 bits per heavy atom. The summed E-state index contributed by atoms with van der Waals surface area (Å²) in [6.45, 7) is 3.61. The van der Waals surface area contributed by atoms with Crippen molar-refractivity contribution in [1.29, 1.82) is 0 Å². The fraction of sp³-hybridized carbons (Fsp3) is 0.154. The number of aromatic nitrogens is 2. The standard InChI is InChI=1S/C13H13N3O2/c1-8-5-10(17)3-4-11(8)16-13(18)12-7-14-9(2)6-15-12/h3-7,17H,1-2H3,(H,16,18). The van der Waals surface area contributed by atoms with Crippen molar-refractivity contribution >= 4 is 11.6 Å². The molecule has 0 fully saturated rings. The van der Waals surface area contributed by atoms with Crippen LogP contribution in [-0.4, -0.2) is 21.0 Å². The lowest BCUT2D eigenvalue weighted by molar-refractivity contribution is 0.102. The van der Waals surface area contributed by atoms with Crippen LogP contribution in [0.1, 0.15) is 21.7 Å². The van der Waals surface area contributed by atoms with Crippen molar-refractivity contribution in [2.75, 3.05) is 5.32 Å². The van der Waals surface area contributed by atoms with Gasteiger partial charge in [-0.1, -0.05) is 0 Å². The number of phenolic OH excluding ortho intramolecular Hbond substituents is 1. The molecule has 0 unspecified atom stereocenters. The highest BCUT2D eigenvalue weighted by Crippen LogP contribution is 2.20. The highest BCUT2D eigenvalue weighted by molar-refractivity contribution is 6.03. The molecule has 1 amide bonds. The van der Waals surface area contributed by atoms with E-state index in [2.05, 4.69) is 15.3 Å².